The normalized spacial score (nSPS) is 15.3. The van der Waals surface area contributed by atoms with Crippen molar-refractivity contribution in [2.45, 2.75) is 4.90 Å². The number of carbonyl (C=O) groups excluding carboxylic acids is 1. The molecule has 3 aromatic carbocycles. The molecule has 150 valence electrons. The van der Waals surface area contributed by atoms with E-state index in [4.69, 9.17) is 4.74 Å². The maximum Gasteiger partial charge on any atom is 0.255 e. The van der Waals surface area contributed by atoms with E-state index in [1.807, 2.05) is 24.3 Å². The zero-order valence-electron chi connectivity index (χ0n) is 15.5. The van der Waals surface area contributed by atoms with Gasteiger partial charge in [0.1, 0.15) is 5.75 Å². The van der Waals surface area contributed by atoms with Crippen molar-refractivity contribution in [1.29, 1.82) is 0 Å². The first kappa shape index (κ1) is 19.4. The SMILES string of the molecule is O=C(Nc1c(O)ccc2ccccc12)c1ccc(S(=O)(=O)N2CCOCC2)cc1. The van der Waals surface area contributed by atoms with Crippen LogP contribution < -0.4 is 5.32 Å². The second-order valence-electron chi connectivity index (χ2n) is 6.68. The van der Waals surface area contributed by atoms with Crippen LogP contribution in [0.3, 0.4) is 0 Å². The van der Waals surface area contributed by atoms with Crippen LogP contribution in [0.25, 0.3) is 10.8 Å². The van der Waals surface area contributed by atoms with Gasteiger partial charge in [-0.25, -0.2) is 8.42 Å². The van der Waals surface area contributed by atoms with Gasteiger partial charge in [0.25, 0.3) is 5.91 Å². The molecule has 29 heavy (non-hydrogen) atoms. The predicted octanol–water partition coefficient (Wildman–Crippen LogP) is 2.82. The number of anilines is 1. The second kappa shape index (κ2) is 7.82. The molecule has 8 heteroatoms. The van der Waals surface area contributed by atoms with Gasteiger partial charge in [0.15, 0.2) is 0 Å². The Bertz CT molecular complexity index is 1150. The van der Waals surface area contributed by atoms with E-state index in [0.717, 1.165) is 5.39 Å². The highest BCUT2D eigenvalue weighted by atomic mass is 32.2. The van der Waals surface area contributed by atoms with Gasteiger partial charge in [-0.3, -0.25) is 4.79 Å². The number of benzene rings is 3. The quantitative estimate of drug-likeness (QED) is 0.643. The van der Waals surface area contributed by atoms with Crippen LogP contribution in [0.5, 0.6) is 5.75 Å². The van der Waals surface area contributed by atoms with Gasteiger partial charge >= 0.3 is 0 Å². The maximum atomic E-state index is 12.7. The molecule has 0 aromatic heterocycles. The summed E-state index contributed by atoms with van der Waals surface area (Å²) in [5.74, 6) is -0.476. The molecule has 0 unspecified atom stereocenters. The molecule has 0 saturated carbocycles. The number of sulfonamides is 1. The number of nitrogens with one attached hydrogen (secondary N) is 1. The number of hydrogen-bond donors (Lipinski definition) is 2. The van der Waals surface area contributed by atoms with Gasteiger partial charge in [0.2, 0.25) is 10.0 Å². The summed E-state index contributed by atoms with van der Waals surface area (Å²) >= 11 is 0. The number of morpholine rings is 1. The van der Waals surface area contributed by atoms with Crippen molar-refractivity contribution < 1.29 is 23.1 Å². The average Bonchev–Trinajstić information content (AvgIpc) is 2.76. The highest BCUT2D eigenvalue weighted by Crippen LogP contribution is 2.32. The molecule has 4 rings (SSSR count). The molecular weight excluding hydrogens is 392 g/mol. The Labute approximate surface area is 168 Å². The molecule has 7 nitrogen and oxygen atoms in total. The van der Waals surface area contributed by atoms with E-state index in [1.54, 1.807) is 6.07 Å². The molecule has 3 aromatic rings. The Hall–Kier alpha value is -2.94. The van der Waals surface area contributed by atoms with E-state index in [0.29, 0.717) is 42.9 Å². The van der Waals surface area contributed by atoms with E-state index < -0.39 is 15.9 Å². The van der Waals surface area contributed by atoms with Crippen LogP contribution in [0.2, 0.25) is 0 Å². The molecule has 1 aliphatic heterocycles. The number of aromatic hydroxyl groups is 1. The maximum absolute atomic E-state index is 12.7. The van der Waals surface area contributed by atoms with Crippen molar-refractivity contribution in [2.24, 2.45) is 0 Å². The number of phenols is 1. The number of amides is 1. The zero-order chi connectivity index (χ0) is 20.4. The molecule has 0 spiro atoms. The number of rotatable bonds is 4. The van der Waals surface area contributed by atoms with Crippen LogP contribution in [0.4, 0.5) is 5.69 Å². The topological polar surface area (TPSA) is 95.9 Å². The molecule has 1 aliphatic rings. The summed E-state index contributed by atoms with van der Waals surface area (Å²) in [4.78, 5) is 12.8. The van der Waals surface area contributed by atoms with Gasteiger partial charge in [0, 0.05) is 24.0 Å². The van der Waals surface area contributed by atoms with Crippen LogP contribution >= 0.6 is 0 Å². The van der Waals surface area contributed by atoms with Crippen molar-refractivity contribution in [3.05, 3.63) is 66.2 Å². The molecule has 1 heterocycles. The first-order valence-electron chi connectivity index (χ1n) is 9.17. The van der Waals surface area contributed by atoms with Crippen molar-refractivity contribution >= 4 is 32.4 Å². The number of phenolic OH excluding ortho intramolecular Hbond substituents is 1. The van der Waals surface area contributed by atoms with Crippen LogP contribution in [0.1, 0.15) is 10.4 Å². The second-order valence-corrected chi connectivity index (χ2v) is 8.61. The molecule has 0 aliphatic carbocycles. The van der Waals surface area contributed by atoms with Crippen LogP contribution in [-0.4, -0.2) is 50.0 Å². The summed E-state index contributed by atoms with van der Waals surface area (Å²) in [7, 11) is -3.62. The summed E-state index contributed by atoms with van der Waals surface area (Å²) in [5.41, 5.74) is 0.608. The fraction of sp³-hybridized carbons (Fsp3) is 0.190. The molecule has 0 bridgehead atoms. The third kappa shape index (κ3) is 3.82. The minimum atomic E-state index is -3.62. The zero-order valence-corrected chi connectivity index (χ0v) is 16.4. The van der Waals surface area contributed by atoms with Gasteiger partial charge in [-0.15, -0.1) is 0 Å². The summed E-state index contributed by atoms with van der Waals surface area (Å²) in [5, 5.41) is 14.5. The summed E-state index contributed by atoms with van der Waals surface area (Å²) in [6, 6.07) is 16.4. The van der Waals surface area contributed by atoms with E-state index in [-0.39, 0.29) is 10.6 Å². The summed E-state index contributed by atoms with van der Waals surface area (Å²) in [6.07, 6.45) is 0. The lowest BCUT2D eigenvalue weighted by atomic mass is 10.1. The van der Waals surface area contributed by atoms with Gasteiger partial charge in [-0.2, -0.15) is 4.31 Å². The molecule has 2 N–H and O–H groups in total. The number of fused-ring (bicyclic) bond motifs is 1. The third-order valence-corrected chi connectivity index (χ3v) is 6.78. The number of carbonyl (C=O) groups is 1. The first-order valence-corrected chi connectivity index (χ1v) is 10.6. The molecule has 0 radical (unpaired) electrons. The van der Waals surface area contributed by atoms with E-state index >= 15 is 0 Å². The largest absolute Gasteiger partial charge is 0.506 e. The molecule has 1 fully saturated rings. The van der Waals surface area contributed by atoms with Crippen molar-refractivity contribution in [3.8, 4) is 5.75 Å². The average molecular weight is 412 g/mol. The Morgan fingerprint density at radius 3 is 2.38 bits per heavy atom. The highest BCUT2D eigenvalue weighted by molar-refractivity contribution is 7.89. The third-order valence-electron chi connectivity index (χ3n) is 4.87. The van der Waals surface area contributed by atoms with Gasteiger partial charge in [-0.05, 0) is 35.7 Å². The lowest BCUT2D eigenvalue weighted by molar-refractivity contribution is 0.0730. The Morgan fingerprint density at radius 2 is 1.66 bits per heavy atom. The fourth-order valence-corrected chi connectivity index (χ4v) is 4.70. The lowest BCUT2D eigenvalue weighted by Crippen LogP contribution is -2.40. The van der Waals surface area contributed by atoms with Crippen molar-refractivity contribution in [1.82, 2.24) is 4.31 Å². The summed E-state index contributed by atoms with van der Waals surface area (Å²) in [6.45, 7) is 1.36. The van der Waals surface area contributed by atoms with Crippen LogP contribution in [0, 0.1) is 0 Å². The fourth-order valence-electron chi connectivity index (χ4n) is 3.29. The minimum Gasteiger partial charge on any atom is -0.506 e. The molecule has 0 atom stereocenters. The standard InChI is InChI=1S/C21H20N2O5S/c24-19-10-7-15-3-1-2-4-18(15)20(19)22-21(25)16-5-8-17(9-6-16)29(26,27)23-11-13-28-14-12-23/h1-10,24H,11-14H2,(H,22,25). The lowest BCUT2D eigenvalue weighted by Gasteiger charge is -2.26. The molecule has 1 saturated heterocycles. The van der Waals surface area contributed by atoms with E-state index in [2.05, 4.69) is 5.32 Å². The minimum absolute atomic E-state index is 0.0384. The van der Waals surface area contributed by atoms with Crippen molar-refractivity contribution in [2.75, 3.05) is 31.6 Å². The molecule has 1 amide bonds. The van der Waals surface area contributed by atoms with E-state index in [9.17, 15) is 18.3 Å². The smallest absolute Gasteiger partial charge is 0.255 e. The summed E-state index contributed by atoms with van der Waals surface area (Å²) < 4.78 is 31.9. The van der Waals surface area contributed by atoms with Gasteiger partial charge < -0.3 is 15.2 Å². The molecular formula is C21H20N2O5S. The van der Waals surface area contributed by atoms with E-state index in [1.165, 1.54) is 34.6 Å². The highest BCUT2D eigenvalue weighted by Gasteiger charge is 2.26. The van der Waals surface area contributed by atoms with Gasteiger partial charge in [0.05, 0.1) is 23.8 Å². The van der Waals surface area contributed by atoms with Gasteiger partial charge in [-0.1, -0.05) is 30.3 Å². The Morgan fingerprint density at radius 1 is 0.966 bits per heavy atom. The van der Waals surface area contributed by atoms with Crippen molar-refractivity contribution in [3.63, 3.8) is 0 Å². The van der Waals surface area contributed by atoms with Crippen LogP contribution in [-0.2, 0) is 14.8 Å². The number of ether oxygens (including phenoxy) is 1. The Kier molecular flexibility index (Phi) is 5.23. The predicted molar refractivity (Wildman–Crippen MR) is 110 cm³/mol. The number of hydrogen-bond acceptors (Lipinski definition) is 5. The monoisotopic (exact) mass is 412 g/mol. The van der Waals surface area contributed by atoms with Crippen LogP contribution in [0.15, 0.2) is 65.6 Å². The first-order chi connectivity index (χ1) is 14.0. The Balaban J connectivity index is 1.57. The number of nitrogens with zero attached hydrogens (tertiary/aromatic N) is 1.